The predicted molar refractivity (Wildman–Crippen MR) is 115 cm³/mol. The molecular weight excluding hydrogens is 426 g/mol. The van der Waals surface area contributed by atoms with Crippen LogP contribution in [-0.2, 0) is 19.4 Å². The van der Waals surface area contributed by atoms with E-state index in [1.54, 1.807) is 36.4 Å². The Morgan fingerprint density at radius 1 is 1.17 bits per heavy atom. The first-order valence-corrected chi connectivity index (χ1v) is 11.9. The van der Waals surface area contributed by atoms with E-state index in [9.17, 15) is 18.0 Å². The van der Waals surface area contributed by atoms with Gasteiger partial charge in [-0.25, -0.2) is 13.4 Å². The van der Waals surface area contributed by atoms with Crippen LogP contribution in [0.2, 0.25) is 0 Å². The number of thiazole rings is 1. The fraction of sp³-hybridized carbons (Fsp3) is 0.250. The molecule has 2 aromatic carbocycles. The Balaban J connectivity index is 1.49. The lowest BCUT2D eigenvalue weighted by Crippen LogP contribution is -2.27. The van der Waals surface area contributed by atoms with Gasteiger partial charge in [-0.05, 0) is 49.2 Å². The van der Waals surface area contributed by atoms with Crippen LogP contribution in [0, 0.1) is 0 Å². The van der Waals surface area contributed by atoms with E-state index < -0.39 is 15.9 Å². The summed E-state index contributed by atoms with van der Waals surface area (Å²) in [6.45, 7) is 0.578. The van der Waals surface area contributed by atoms with Crippen LogP contribution >= 0.6 is 11.3 Å². The number of carbonyl (C=O) groups excluding carboxylic acids is 2. The topological polar surface area (TPSA) is 114 Å². The monoisotopic (exact) mass is 445 g/mol. The number of anilines is 2. The molecule has 1 aliphatic rings. The molecule has 0 saturated carbocycles. The van der Waals surface area contributed by atoms with Crippen molar-refractivity contribution >= 4 is 54.0 Å². The molecule has 0 bridgehead atoms. The molecule has 1 atom stereocenters. The Hall–Kier alpha value is -2.82. The van der Waals surface area contributed by atoms with Crippen molar-refractivity contribution in [3.8, 4) is 0 Å². The SMILES string of the molecule is CS(=O)(=O)c1ccc2nc(NC(=O)c3cccc(NC(=O)C4CCCO4)c3)sc2c1. The molecule has 1 aliphatic heterocycles. The maximum Gasteiger partial charge on any atom is 0.257 e. The molecule has 4 rings (SSSR count). The second-order valence-corrected chi connectivity index (χ2v) is 9.99. The maximum absolute atomic E-state index is 12.6. The molecular formula is C20H19N3O5S2. The van der Waals surface area contributed by atoms with Gasteiger partial charge < -0.3 is 10.1 Å². The van der Waals surface area contributed by atoms with Crippen molar-refractivity contribution in [1.29, 1.82) is 0 Å². The second kappa shape index (κ2) is 8.13. The molecule has 0 radical (unpaired) electrons. The van der Waals surface area contributed by atoms with E-state index in [1.165, 1.54) is 17.4 Å². The number of hydrogen-bond donors (Lipinski definition) is 2. The molecule has 0 aliphatic carbocycles. The van der Waals surface area contributed by atoms with E-state index in [0.29, 0.717) is 39.6 Å². The lowest BCUT2D eigenvalue weighted by molar-refractivity contribution is -0.124. The van der Waals surface area contributed by atoms with E-state index in [-0.39, 0.29) is 16.7 Å². The van der Waals surface area contributed by atoms with E-state index in [4.69, 9.17) is 4.74 Å². The third kappa shape index (κ3) is 4.50. The van der Waals surface area contributed by atoms with Crippen molar-refractivity contribution in [3.05, 3.63) is 48.0 Å². The third-order valence-electron chi connectivity index (χ3n) is 4.62. The molecule has 10 heteroatoms. The van der Waals surface area contributed by atoms with Gasteiger partial charge in [0.1, 0.15) is 6.10 Å². The van der Waals surface area contributed by atoms with E-state index in [0.717, 1.165) is 12.7 Å². The molecule has 2 N–H and O–H groups in total. The van der Waals surface area contributed by atoms with Crippen LogP contribution in [0.15, 0.2) is 47.4 Å². The Labute approximate surface area is 177 Å². The number of nitrogens with one attached hydrogen (secondary N) is 2. The Morgan fingerprint density at radius 2 is 2.00 bits per heavy atom. The van der Waals surface area contributed by atoms with Crippen LogP contribution in [0.4, 0.5) is 10.8 Å². The van der Waals surface area contributed by atoms with Crippen LogP contribution in [-0.4, -0.2) is 44.2 Å². The van der Waals surface area contributed by atoms with Crippen LogP contribution in [0.3, 0.4) is 0 Å². The number of benzene rings is 2. The highest BCUT2D eigenvalue weighted by Gasteiger charge is 2.23. The molecule has 30 heavy (non-hydrogen) atoms. The summed E-state index contributed by atoms with van der Waals surface area (Å²) in [6, 6.07) is 11.2. The van der Waals surface area contributed by atoms with Gasteiger partial charge in [0, 0.05) is 24.1 Å². The maximum atomic E-state index is 12.6. The van der Waals surface area contributed by atoms with Crippen LogP contribution in [0.1, 0.15) is 23.2 Å². The molecule has 1 unspecified atom stereocenters. The zero-order chi connectivity index (χ0) is 21.3. The Morgan fingerprint density at radius 3 is 2.73 bits per heavy atom. The number of rotatable bonds is 5. The Kier molecular flexibility index (Phi) is 5.54. The van der Waals surface area contributed by atoms with Gasteiger partial charge in [-0.1, -0.05) is 17.4 Å². The summed E-state index contributed by atoms with van der Waals surface area (Å²) >= 11 is 1.19. The molecule has 1 aromatic heterocycles. The number of aromatic nitrogens is 1. The van der Waals surface area contributed by atoms with Gasteiger partial charge in [-0.2, -0.15) is 0 Å². The van der Waals surface area contributed by atoms with E-state index >= 15 is 0 Å². The molecule has 0 spiro atoms. The standard InChI is InChI=1S/C20H19N3O5S2/c1-30(26,27)14-7-8-15-17(11-14)29-20(22-15)23-18(24)12-4-2-5-13(10-12)21-19(25)16-6-3-9-28-16/h2,4-5,7-8,10-11,16H,3,6,9H2,1H3,(H,21,25)(H,22,23,24). The van der Waals surface area contributed by atoms with Crippen LogP contribution in [0.5, 0.6) is 0 Å². The lowest BCUT2D eigenvalue weighted by Gasteiger charge is -2.11. The zero-order valence-corrected chi connectivity index (χ0v) is 17.7. The molecule has 1 saturated heterocycles. The van der Waals surface area contributed by atoms with Crippen molar-refractivity contribution in [2.24, 2.45) is 0 Å². The number of carbonyl (C=O) groups is 2. The van der Waals surface area contributed by atoms with Crippen molar-refractivity contribution in [2.75, 3.05) is 23.5 Å². The minimum Gasteiger partial charge on any atom is -0.368 e. The second-order valence-electron chi connectivity index (χ2n) is 6.95. The average molecular weight is 446 g/mol. The smallest absolute Gasteiger partial charge is 0.257 e. The first kappa shape index (κ1) is 20.5. The number of nitrogens with zero attached hydrogens (tertiary/aromatic N) is 1. The van der Waals surface area contributed by atoms with Gasteiger partial charge in [-0.3, -0.25) is 14.9 Å². The molecule has 1 fully saturated rings. The Bertz CT molecular complexity index is 1230. The molecule has 3 aromatic rings. The van der Waals surface area contributed by atoms with Crippen molar-refractivity contribution < 1.29 is 22.7 Å². The van der Waals surface area contributed by atoms with Gasteiger partial charge in [-0.15, -0.1) is 0 Å². The van der Waals surface area contributed by atoms with Crippen molar-refractivity contribution in [1.82, 2.24) is 4.98 Å². The average Bonchev–Trinajstić information content (AvgIpc) is 3.36. The number of fused-ring (bicyclic) bond motifs is 1. The highest BCUT2D eigenvalue weighted by atomic mass is 32.2. The molecule has 2 amide bonds. The van der Waals surface area contributed by atoms with Crippen molar-refractivity contribution in [2.45, 2.75) is 23.8 Å². The first-order chi connectivity index (χ1) is 14.3. The van der Waals surface area contributed by atoms with Gasteiger partial charge in [0.15, 0.2) is 15.0 Å². The van der Waals surface area contributed by atoms with Crippen LogP contribution in [0.25, 0.3) is 10.2 Å². The number of amides is 2. The summed E-state index contributed by atoms with van der Waals surface area (Å²) in [7, 11) is -3.32. The number of hydrogen-bond acceptors (Lipinski definition) is 7. The molecule has 8 nitrogen and oxygen atoms in total. The van der Waals surface area contributed by atoms with Gasteiger partial charge in [0.25, 0.3) is 11.8 Å². The minimum absolute atomic E-state index is 0.200. The summed E-state index contributed by atoms with van der Waals surface area (Å²) in [5.74, 6) is -0.608. The fourth-order valence-corrected chi connectivity index (χ4v) is 4.73. The van der Waals surface area contributed by atoms with Crippen LogP contribution < -0.4 is 10.6 Å². The summed E-state index contributed by atoms with van der Waals surface area (Å²) in [5.41, 5.74) is 1.46. The zero-order valence-electron chi connectivity index (χ0n) is 16.0. The molecule has 156 valence electrons. The number of sulfone groups is 1. The van der Waals surface area contributed by atoms with Gasteiger partial charge in [0.2, 0.25) is 0 Å². The van der Waals surface area contributed by atoms with E-state index in [2.05, 4.69) is 15.6 Å². The van der Waals surface area contributed by atoms with Gasteiger partial charge in [0.05, 0.1) is 15.1 Å². The largest absolute Gasteiger partial charge is 0.368 e. The highest BCUT2D eigenvalue weighted by molar-refractivity contribution is 7.90. The third-order valence-corrected chi connectivity index (χ3v) is 6.67. The molecule has 2 heterocycles. The minimum atomic E-state index is -3.32. The highest BCUT2D eigenvalue weighted by Crippen LogP contribution is 2.28. The van der Waals surface area contributed by atoms with Gasteiger partial charge >= 0.3 is 0 Å². The van der Waals surface area contributed by atoms with E-state index in [1.807, 2.05) is 0 Å². The summed E-state index contributed by atoms with van der Waals surface area (Å²) in [4.78, 5) is 29.4. The summed E-state index contributed by atoms with van der Waals surface area (Å²) in [6.07, 6.45) is 2.23. The normalized spacial score (nSPS) is 16.5. The quantitative estimate of drug-likeness (QED) is 0.624. The summed E-state index contributed by atoms with van der Waals surface area (Å²) < 4.78 is 29.5. The predicted octanol–water partition coefficient (Wildman–Crippen LogP) is 3.07. The van der Waals surface area contributed by atoms with Crippen molar-refractivity contribution in [3.63, 3.8) is 0 Å². The lowest BCUT2D eigenvalue weighted by atomic mass is 10.1. The fourth-order valence-electron chi connectivity index (χ4n) is 3.10. The summed E-state index contributed by atoms with van der Waals surface area (Å²) in [5, 5.41) is 5.85. The first-order valence-electron chi connectivity index (χ1n) is 9.24. The number of ether oxygens (including phenoxy) is 1.